The summed E-state index contributed by atoms with van der Waals surface area (Å²) in [5.74, 6) is 0.247. The van der Waals surface area contributed by atoms with Crippen molar-refractivity contribution in [3.8, 4) is 6.07 Å². The third kappa shape index (κ3) is 6.56. The van der Waals surface area contributed by atoms with Gasteiger partial charge in [-0.2, -0.15) is 28.3 Å². The van der Waals surface area contributed by atoms with E-state index < -0.39 is 12.7 Å². The zero-order valence-corrected chi connectivity index (χ0v) is 10.6. The Hall–Kier alpha value is -1.89. The third-order valence-electron chi connectivity index (χ3n) is 1.87. The standard InChI is InChI=1S/C9H11F3N6S/c10-9(11,12)6-14-8(19)16-7-5-15-18(17-7)4-2-1-3-13/h5H,1-2,4,6H2,(H2,14,16,17,19). The number of nitriles is 1. The summed E-state index contributed by atoms with van der Waals surface area (Å²) in [6.07, 6.45) is -2.01. The summed E-state index contributed by atoms with van der Waals surface area (Å²) >= 11 is 4.68. The fourth-order valence-electron chi connectivity index (χ4n) is 1.10. The lowest BCUT2D eigenvalue weighted by Crippen LogP contribution is -2.36. The Morgan fingerprint density at radius 1 is 1.53 bits per heavy atom. The minimum atomic E-state index is -4.33. The number of thiocarbonyl (C=S) groups is 1. The maximum atomic E-state index is 11.9. The first-order valence-electron chi connectivity index (χ1n) is 5.29. The number of unbranched alkanes of at least 4 members (excludes halogenated alkanes) is 1. The van der Waals surface area contributed by atoms with Gasteiger partial charge in [0, 0.05) is 6.42 Å². The van der Waals surface area contributed by atoms with E-state index >= 15 is 0 Å². The Morgan fingerprint density at radius 2 is 2.26 bits per heavy atom. The fourth-order valence-corrected chi connectivity index (χ4v) is 1.28. The second-order valence-electron chi connectivity index (χ2n) is 3.51. The summed E-state index contributed by atoms with van der Waals surface area (Å²) in [7, 11) is 0. The maximum Gasteiger partial charge on any atom is 0.405 e. The van der Waals surface area contributed by atoms with Crippen LogP contribution in [0, 0.1) is 11.3 Å². The van der Waals surface area contributed by atoms with E-state index in [9.17, 15) is 13.2 Å². The van der Waals surface area contributed by atoms with Crippen molar-refractivity contribution < 1.29 is 13.2 Å². The van der Waals surface area contributed by atoms with E-state index in [1.165, 1.54) is 11.0 Å². The van der Waals surface area contributed by atoms with Crippen molar-refractivity contribution in [1.29, 1.82) is 5.26 Å². The molecule has 0 aliphatic heterocycles. The molecular formula is C9H11F3N6S. The molecular weight excluding hydrogens is 281 g/mol. The smallest absolute Gasteiger partial charge is 0.353 e. The Bertz CT molecular complexity index is 463. The Morgan fingerprint density at radius 3 is 2.89 bits per heavy atom. The van der Waals surface area contributed by atoms with Crippen LogP contribution in [0.3, 0.4) is 0 Å². The second-order valence-corrected chi connectivity index (χ2v) is 3.92. The Kier molecular flexibility index (Phi) is 5.50. The van der Waals surface area contributed by atoms with Crippen LogP contribution in [0.15, 0.2) is 6.20 Å². The molecule has 0 aliphatic carbocycles. The van der Waals surface area contributed by atoms with Gasteiger partial charge in [0.05, 0.1) is 18.8 Å². The van der Waals surface area contributed by atoms with Crippen molar-refractivity contribution in [3.05, 3.63) is 6.20 Å². The van der Waals surface area contributed by atoms with Crippen LogP contribution >= 0.6 is 12.2 Å². The van der Waals surface area contributed by atoms with Gasteiger partial charge in [0.25, 0.3) is 0 Å². The van der Waals surface area contributed by atoms with Crippen LogP contribution in [0.1, 0.15) is 12.8 Å². The van der Waals surface area contributed by atoms with Crippen LogP contribution in [-0.2, 0) is 6.54 Å². The molecule has 0 amide bonds. The van der Waals surface area contributed by atoms with Gasteiger partial charge in [0.1, 0.15) is 6.54 Å². The number of nitrogens with zero attached hydrogens (tertiary/aromatic N) is 4. The van der Waals surface area contributed by atoms with Gasteiger partial charge in [0.2, 0.25) is 0 Å². The van der Waals surface area contributed by atoms with E-state index in [1.54, 1.807) is 0 Å². The molecule has 104 valence electrons. The molecule has 0 unspecified atom stereocenters. The van der Waals surface area contributed by atoms with Gasteiger partial charge in [-0.25, -0.2) is 0 Å². The van der Waals surface area contributed by atoms with Gasteiger partial charge in [-0.3, -0.25) is 0 Å². The molecule has 1 aromatic heterocycles. The highest BCUT2D eigenvalue weighted by Gasteiger charge is 2.27. The van der Waals surface area contributed by atoms with Crippen molar-refractivity contribution in [3.63, 3.8) is 0 Å². The van der Waals surface area contributed by atoms with Crippen molar-refractivity contribution >= 4 is 23.1 Å². The van der Waals surface area contributed by atoms with Crippen LogP contribution in [0.2, 0.25) is 0 Å². The van der Waals surface area contributed by atoms with Crippen LogP contribution in [0.25, 0.3) is 0 Å². The van der Waals surface area contributed by atoms with Crippen molar-refractivity contribution in [2.75, 3.05) is 11.9 Å². The molecule has 0 aliphatic rings. The molecule has 19 heavy (non-hydrogen) atoms. The highest BCUT2D eigenvalue weighted by atomic mass is 32.1. The van der Waals surface area contributed by atoms with Crippen LogP contribution < -0.4 is 10.6 Å². The zero-order chi connectivity index (χ0) is 14.3. The number of alkyl halides is 3. The molecule has 0 radical (unpaired) electrons. The first-order chi connectivity index (χ1) is 8.90. The predicted octanol–water partition coefficient (Wildman–Crippen LogP) is 1.43. The van der Waals surface area contributed by atoms with Gasteiger partial charge in [-0.05, 0) is 18.6 Å². The van der Waals surface area contributed by atoms with Crippen molar-refractivity contribution in [2.24, 2.45) is 0 Å². The van der Waals surface area contributed by atoms with Crippen LogP contribution in [-0.4, -0.2) is 32.8 Å². The van der Waals surface area contributed by atoms with Gasteiger partial charge >= 0.3 is 6.18 Å². The normalized spacial score (nSPS) is 10.8. The fraction of sp³-hybridized carbons (Fsp3) is 0.556. The number of hydrogen-bond donors (Lipinski definition) is 2. The van der Waals surface area contributed by atoms with Gasteiger partial charge in [0.15, 0.2) is 10.9 Å². The predicted molar refractivity (Wildman–Crippen MR) is 65.1 cm³/mol. The Labute approximate surface area is 112 Å². The third-order valence-corrected chi connectivity index (χ3v) is 2.12. The Balaban J connectivity index is 2.37. The van der Waals surface area contributed by atoms with Crippen LogP contribution in [0.5, 0.6) is 0 Å². The average Bonchev–Trinajstić information content (AvgIpc) is 2.74. The molecule has 1 rings (SSSR count). The molecule has 2 N–H and O–H groups in total. The molecule has 0 bridgehead atoms. The molecule has 6 nitrogen and oxygen atoms in total. The number of anilines is 1. The lowest BCUT2D eigenvalue weighted by Gasteiger charge is -2.10. The minimum absolute atomic E-state index is 0.179. The first-order valence-corrected chi connectivity index (χ1v) is 5.70. The zero-order valence-electron chi connectivity index (χ0n) is 9.74. The number of halogens is 3. The lowest BCUT2D eigenvalue weighted by atomic mass is 10.3. The summed E-state index contributed by atoms with van der Waals surface area (Å²) < 4.78 is 35.8. The van der Waals surface area contributed by atoms with E-state index in [4.69, 9.17) is 5.26 Å². The minimum Gasteiger partial charge on any atom is -0.353 e. The maximum absolute atomic E-state index is 11.9. The summed E-state index contributed by atoms with van der Waals surface area (Å²) in [6.45, 7) is -0.757. The van der Waals surface area contributed by atoms with E-state index in [2.05, 4.69) is 27.7 Å². The summed E-state index contributed by atoms with van der Waals surface area (Å²) in [5, 5.41) is 20.5. The van der Waals surface area contributed by atoms with Gasteiger partial charge in [-0.1, -0.05) is 0 Å². The monoisotopic (exact) mass is 292 g/mol. The SMILES string of the molecule is N#CCCCn1ncc(NC(=S)NCC(F)(F)F)n1. The number of nitrogens with one attached hydrogen (secondary N) is 2. The van der Waals surface area contributed by atoms with E-state index in [0.29, 0.717) is 19.4 Å². The van der Waals surface area contributed by atoms with E-state index in [-0.39, 0.29) is 10.9 Å². The van der Waals surface area contributed by atoms with Crippen molar-refractivity contribution in [2.45, 2.75) is 25.6 Å². The number of aryl methyl sites for hydroxylation is 1. The number of aromatic nitrogens is 3. The van der Waals surface area contributed by atoms with Crippen LogP contribution in [0.4, 0.5) is 19.0 Å². The molecule has 0 spiro atoms. The van der Waals surface area contributed by atoms with E-state index in [1.807, 2.05) is 11.4 Å². The molecule has 0 saturated carbocycles. The molecule has 0 aromatic carbocycles. The van der Waals surface area contributed by atoms with Crippen molar-refractivity contribution in [1.82, 2.24) is 20.3 Å². The molecule has 0 atom stereocenters. The number of hydrogen-bond acceptors (Lipinski definition) is 4. The highest BCUT2D eigenvalue weighted by Crippen LogP contribution is 2.12. The second kappa shape index (κ2) is 6.89. The highest BCUT2D eigenvalue weighted by molar-refractivity contribution is 7.80. The van der Waals surface area contributed by atoms with Gasteiger partial charge < -0.3 is 10.6 Å². The average molecular weight is 292 g/mol. The molecule has 1 aromatic rings. The quantitative estimate of drug-likeness (QED) is 0.631. The lowest BCUT2D eigenvalue weighted by molar-refractivity contribution is -0.121. The van der Waals surface area contributed by atoms with E-state index in [0.717, 1.165) is 0 Å². The first kappa shape index (κ1) is 15.2. The largest absolute Gasteiger partial charge is 0.405 e. The molecule has 0 saturated heterocycles. The number of rotatable bonds is 5. The molecule has 0 fully saturated rings. The molecule has 1 heterocycles. The molecule has 10 heteroatoms. The summed E-state index contributed by atoms with van der Waals surface area (Å²) in [4.78, 5) is 1.34. The summed E-state index contributed by atoms with van der Waals surface area (Å²) in [5.41, 5.74) is 0. The van der Waals surface area contributed by atoms with Gasteiger partial charge in [-0.15, -0.1) is 5.10 Å². The topological polar surface area (TPSA) is 78.6 Å². The summed E-state index contributed by atoms with van der Waals surface area (Å²) in [6, 6.07) is 1.99.